The highest BCUT2D eigenvalue weighted by molar-refractivity contribution is 14.0. The second kappa shape index (κ2) is 11.9. The summed E-state index contributed by atoms with van der Waals surface area (Å²) in [4.78, 5) is 6.54. The van der Waals surface area contributed by atoms with Crippen molar-refractivity contribution < 1.29 is 4.39 Å². The summed E-state index contributed by atoms with van der Waals surface area (Å²) in [5.74, 6) is 0.519. The van der Waals surface area contributed by atoms with Gasteiger partial charge in [0.05, 0.1) is 0 Å². The van der Waals surface area contributed by atoms with Crippen LogP contribution in [0.15, 0.2) is 59.6 Å². The van der Waals surface area contributed by atoms with Crippen molar-refractivity contribution in [2.45, 2.75) is 26.1 Å². The van der Waals surface area contributed by atoms with Crippen molar-refractivity contribution in [3.05, 3.63) is 71.5 Å². The number of likely N-dealkylation sites (N-methyl/N-ethyl adjacent to an activating group) is 1. The van der Waals surface area contributed by atoms with E-state index in [0.717, 1.165) is 24.6 Å². The molecular weight excluding hydrogens is 442 g/mol. The first-order valence-corrected chi connectivity index (χ1v) is 8.51. The van der Waals surface area contributed by atoms with E-state index in [1.54, 1.807) is 19.2 Å². The predicted molar refractivity (Wildman–Crippen MR) is 117 cm³/mol. The Labute approximate surface area is 172 Å². The first-order chi connectivity index (χ1) is 12.1. The first-order valence-electron chi connectivity index (χ1n) is 8.51. The molecule has 0 aromatic heterocycles. The topological polar surface area (TPSA) is 39.7 Å². The summed E-state index contributed by atoms with van der Waals surface area (Å²) in [6.45, 7) is 4.48. The quantitative estimate of drug-likeness (QED) is 0.369. The van der Waals surface area contributed by atoms with Gasteiger partial charge in [-0.3, -0.25) is 9.89 Å². The summed E-state index contributed by atoms with van der Waals surface area (Å²) in [7, 11) is 3.87. The van der Waals surface area contributed by atoms with Crippen molar-refractivity contribution in [3.63, 3.8) is 0 Å². The van der Waals surface area contributed by atoms with Crippen LogP contribution in [0, 0.1) is 5.82 Å². The second-order valence-corrected chi connectivity index (χ2v) is 6.18. The number of guanidine groups is 1. The highest BCUT2D eigenvalue weighted by Gasteiger charge is 2.10. The third kappa shape index (κ3) is 7.70. The molecule has 0 radical (unpaired) electrons. The van der Waals surface area contributed by atoms with Gasteiger partial charge in [-0.1, -0.05) is 42.5 Å². The van der Waals surface area contributed by atoms with E-state index in [4.69, 9.17) is 0 Å². The summed E-state index contributed by atoms with van der Waals surface area (Å²) in [5.41, 5.74) is 2.31. The summed E-state index contributed by atoms with van der Waals surface area (Å²) < 4.78 is 12.9. The van der Waals surface area contributed by atoms with Crippen molar-refractivity contribution in [2.75, 3.05) is 20.6 Å². The van der Waals surface area contributed by atoms with Crippen LogP contribution < -0.4 is 10.6 Å². The maximum absolute atomic E-state index is 12.9. The molecule has 0 aliphatic rings. The number of rotatable bonds is 7. The molecule has 4 nitrogen and oxygen atoms in total. The van der Waals surface area contributed by atoms with Crippen LogP contribution in [0.3, 0.4) is 0 Å². The lowest BCUT2D eigenvalue weighted by Gasteiger charge is -2.25. The zero-order valence-electron chi connectivity index (χ0n) is 15.6. The van der Waals surface area contributed by atoms with E-state index in [0.29, 0.717) is 12.6 Å². The second-order valence-electron chi connectivity index (χ2n) is 6.18. The third-order valence-corrected chi connectivity index (χ3v) is 4.19. The molecule has 0 aliphatic heterocycles. The number of aliphatic imine (C=N–C) groups is 1. The van der Waals surface area contributed by atoms with Crippen LogP contribution in [-0.4, -0.2) is 37.5 Å². The lowest BCUT2D eigenvalue weighted by atomic mass is 10.2. The van der Waals surface area contributed by atoms with Crippen molar-refractivity contribution in [3.8, 4) is 0 Å². The van der Waals surface area contributed by atoms with Crippen LogP contribution in [0.2, 0.25) is 0 Å². The molecule has 1 unspecified atom stereocenters. The summed E-state index contributed by atoms with van der Waals surface area (Å²) in [6.07, 6.45) is 0. The van der Waals surface area contributed by atoms with Gasteiger partial charge in [-0.25, -0.2) is 4.39 Å². The Kier molecular flexibility index (Phi) is 10.2. The highest BCUT2D eigenvalue weighted by atomic mass is 127. The van der Waals surface area contributed by atoms with E-state index in [2.05, 4.69) is 58.8 Å². The van der Waals surface area contributed by atoms with E-state index in [1.165, 1.54) is 17.7 Å². The van der Waals surface area contributed by atoms with Crippen LogP contribution >= 0.6 is 24.0 Å². The summed E-state index contributed by atoms with van der Waals surface area (Å²) in [6, 6.07) is 17.3. The Morgan fingerprint density at radius 2 is 1.69 bits per heavy atom. The number of hydrogen-bond acceptors (Lipinski definition) is 2. The van der Waals surface area contributed by atoms with Gasteiger partial charge in [0.1, 0.15) is 5.82 Å². The molecule has 142 valence electrons. The molecule has 0 fully saturated rings. The zero-order valence-corrected chi connectivity index (χ0v) is 17.9. The van der Waals surface area contributed by atoms with E-state index in [9.17, 15) is 4.39 Å². The average Bonchev–Trinajstić information content (AvgIpc) is 2.63. The van der Waals surface area contributed by atoms with Gasteiger partial charge < -0.3 is 10.6 Å². The van der Waals surface area contributed by atoms with Gasteiger partial charge in [0.25, 0.3) is 0 Å². The number of nitrogens with one attached hydrogen (secondary N) is 2. The predicted octanol–water partition coefficient (Wildman–Crippen LogP) is 3.63. The Morgan fingerprint density at radius 1 is 1.04 bits per heavy atom. The number of hydrogen-bond donors (Lipinski definition) is 2. The van der Waals surface area contributed by atoms with Crippen LogP contribution in [0.1, 0.15) is 18.1 Å². The van der Waals surface area contributed by atoms with Crippen molar-refractivity contribution in [1.82, 2.24) is 15.5 Å². The van der Waals surface area contributed by atoms with E-state index in [1.807, 2.05) is 6.07 Å². The van der Waals surface area contributed by atoms with Gasteiger partial charge in [0, 0.05) is 32.7 Å². The molecule has 0 heterocycles. The van der Waals surface area contributed by atoms with Gasteiger partial charge in [-0.2, -0.15) is 0 Å². The molecule has 2 N–H and O–H groups in total. The van der Waals surface area contributed by atoms with Gasteiger partial charge in [0.15, 0.2) is 5.96 Å². The third-order valence-electron chi connectivity index (χ3n) is 4.19. The molecule has 0 bridgehead atoms. The largest absolute Gasteiger partial charge is 0.355 e. The minimum absolute atomic E-state index is 0. The fraction of sp³-hybridized carbons (Fsp3) is 0.350. The van der Waals surface area contributed by atoms with Crippen LogP contribution in [-0.2, 0) is 13.1 Å². The fourth-order valence-electron chi connectivity index (χ4n) is 2.44. The minimum Gasteiger partial charge on any atom is -0.355 e. The molecule has 26 heavy (non-hydrogen) atoms. The van der Waals surface area contributed by atoms with Crippen LogP contribution in [0.5, 0.6) is 0 Å². The molecule has 0 saturated carbocycles. The maximum Gasteiger partial charge on any atom is 0.191 e. The Bertz CT molecular complexity index is 661. The summed E-state index contributed by atoms with van der Waals surface area (Å²) in [5, 5.41) is 6.59. The molecule has 6 heteroatoms. The van der Waals surface area contributed by atoms with Crippen LogP contribution in [0.25, 0.3) is 0 Å². The Balaban J connectivity index is 0.00000338. The zero-order chi connectivity index (χ0) is 18.1. The normalized spacial score (nSPS) is 12.4. The molecule has 2 aromatic rings. The highest BCUT2D eigenvalue weighted by Crippen LogP contribution is 2.05. The maximum atomic E-state index is 12.9. The fourth-order valence-corrected chi connectivity index (χ4v) is 2.44. The van der Waals surface area contributed by atoms with Crippen LogP contribution in [0.4, 0.5) is 4.39 Å². The Morgan fingerprint density at radius 3 is 2.31 bits per heavy atom. The lowest BCUT2D eigenvalue weighted by Crippen LogP contribution is -2.44. The molecule has 0 amide bonds. The SMILES string of the molecule is CN=C(NCc1ccc(F)cc1)NCC(C)N(C)Cc1ccccc1.I. The molecule has 0 spiro atoms. The van der Waals surface area contributed by atoms with E-state index >= 15 is 0 Å². The molecule has 2 aromatic carbocycles. The van der Waals surface area contributed by atoms with Gasteiger partial charge in [0.2, 0.25) is 0 Å². The average molecular weight is 470 g/mol. The van der Waals surface area contributed by atoms with E-state index < -0.39 is 0 Å². The van der Waals surface area contributed by atoms with Gasteiger partial charge in [-0.05, 0) is 37.2 Å². The number of halogens is 2. The lowest BCUT2D eigenvalue weighted by molar-refractivity contribution is 0.249. The van der Waals surface area contributed by atoms with Crippen molar-refractivity contribution in [1.29, 1.82) is 0 Å². The molecule has 1 atom stereocenters. The molecular formula is C20H28FIN4. The Hall–Kier alpha value is -1.67. The molecule has 0 aliphatic carbocycles. The van der Waals surface area contributed by atoms with Gasteiger partial charge in [-0.15, -0.1) is 24.0 Å². The van der Waals surface area contributed by atoms with E-state index in [-0.39, 0.29) is 29.8 Å². The summed E-state index contributed by atoms with van der Waals surface area (Å²) >= 11 is 0. The monoisotopic (exact) mass is 470 g/mol. The number of nitrogens with zero attached hydrogens (tertiary/aromatic N) is 2. The first kappa shape index (κ1) is 22.4. The number of benzene rings is 2. The molecule has 2 rings (SSSR count). The van der Waals surface area contributed by atoms with Crippen molar-refractivity contribution >= 4 is 29.9 Å². The van der Waals surface area contributed by atoms with Crippen molar-refractivity contribution in [2.24, 2.45) is 4.99 Å². The smallest absolute Gasteiger partial charge is 0.191 e. The minimum atomic E-state index is -0.221. The molecule has 0 saturated heterocycles. The van der Waals surface area contributed by atoms with Gasteiger partial charge >= 0.3 is 0 Å². The standard InChI is InChI=1S/C20H27FN4.HI/c1-16(25(3)15-18-7-5-4-6-8-18)13-23-20(22-2)24-14-17-9-11-19(21)12-10-17;/h4-12,16H,13-15H2,1-3H3,(H2,22,23,24);1H.